The number of nitrogens with one attached hydrogen (secondary N) is 1. The van der Waals surface area contributed by atoms with Crippen LogP contribution >= 0.6 is 11.3 Å². The lowest BCUT2D eigenvalue weighted by atomic mass is 9.91. The molecule has 0 radical (unpaired) electrons. The SMILES string of the molecule is O=C1NCCN1C(=O)N1CCC(c2ccsc2)CC1. The van der Waals surface area contributed by atoms with E-state index < -0.39 is 0 Å². The molecule has 0 spiro atoms. The van der Waals surface area contributed by atoms with Gasteiger partial charge in [-0.3, -0.25) is 0 Å². The molecule has 0 unspecified atom stereocenters. The quantitative estimate of drug-likeness (QED) is 0.855. The Morgan fingerprint density at radius 2 is 2.11 bits per heavy atom. The van der Waals surface area contributed by atoms with Crippen LogP contribution in [-0.2, 0) is 0 Å². The minimum atomic E-state index is -0.259. The Bertz CT molecular complexity index is 466. The summed E-state index contributed by atoms with van der Waals surface area (Å²) in [5.41, 5.74) is 1.39. The zero-order chi connectivity index (χ0) is 13.2. The smallest absolute Gasteiger partial charge is 0.328 e. The molecule has 6 heteroatoms. The zero-order valence-electron chi connectivity index (χ0n) is 10.7. The fraction of sp³-hybridized carbons (Fsp3) is 0.538. The Hall–Kier alpha value is -1.56. The number of imide groups is 1. The largest absolute Gasteiger partial charge is 0.336 e. The average Bonchev–Trinajstić information content (AvgIpc) is 3.09. The number of nitrogens with zero attached hydrogens (tertiary/aromatic N) is 2. The predicted octanol–water partition coefficient (Wildman–Crippen LogP) is 2.07. The number of carbonyl (C=O) groups excluding carboxylic acids is 2. The maximum atomic E-state index is 12.2. The van der Waals surface area contributed by atoms with E-state index in [1.807, 2.05) is 0 Å². The lowest BCUT2D eigenvalue weighted by Crippen LogP contribution is -2.47. The molecule has 19 heavy (non-hydrogen) atoms. The van der Waals surface area contributed by atoms with Crippen molar-refractivity contribution in [3.63, 3.8) is 0 Å². The topological polar surface area (TPSA) is 52.7 Å². The Kier molecular flexibility index (Phi) is 3.42. The van der Waals surface area contributed by atoms with Gasteiger partial charge < -0.3 is 10.2 Å². The summed E-state index contributed by atoms with van der Waals surface area (Å²) in [6.45, 7) is 2.53. The second kappa shape index (κ2) is 5.21. The second-order valence-electron chi connectivity index (χ2n) is 4.98. The monoisotopic (exact) mass is 279 g/mol. The van der Waals surface area contributed by atoms with Crippen LogP contribution in [0.25, 0.3) is 0 Å². The molecule has 1 N–H and O–H groups in total. The Balaban J connectivity index is 1.58. The van der Waals surface area contributed by atoms with Crippen LogP contribution in [0.3, 0.4) is 0 Å². The van der Waals surface area contributed by atoms with Crippen molar-refractivity contribution in [2.45, 2.75) is 18.8 Å². The van der Waals surface area contributed by atoms with Gasteiger partial charge in [-0.1, -0.05) is 0 Å². The molecule has 0 saturated carbocycles. The van der Waals surface area contributed by atoms with Gasteiger partial charge >= 0.3 is 12.1 Å². The van der Waals surface area contributed by atoms with E-state index in [4.69, 9.17) is 0 Å². The number of carbonyl (C=O) groups is 2. The summed E-state index contributed by atoms with van der Waals surface area (Å²) in [5, 5.41) is 6.95. The molecule has 0 aliphatic carbocycles. The van der Waals surface area contributed by atoms with Crippen LogP contribution in [-0.4, -0.2) is 48.0 Å². The average molecular weight is 279 g/mol. The first kappa shape index (κ1) is 12.5. The summed E-state index contributed by atoms with van der Waals surface area (Å²) in [6.07, 6.45) is 1.97. The van der Waals surface area contributed by atoms with Gasteiger partial charge in [-0.25, -0.2) is 14.5 Å². The fourth-order valence-corrected chi connectivity index (χ4v) is 3.48. The van der Waals surface area contributed by atoms with Crippen molar-refractivity contribution in [3.05, 3.63) is 22.4 Å². The van der Waals surface area contributed by atoms with E-state index in [2.05, 4.69) is 22.1 Å². The normalized spacial score (nSPS) is 20.7. The number of likely N-dealkylation sites (tertiary alicyclic amines) is 1. The van der Waals surface area contributed by atoms with Crippen molar-refractivity contribution in [1.82, 2.24) is 15.1 Å². The molecule has 1 aromatic heterocycles. The van der Waals surface area contributed by atoms with Crippen LogP contribution < -0.4 is 5.32 Å². The summed E-state index contributed by atoms with van der Waals surface area (Å²) in [7, 11) is 0. The van der Waals surface area contributed by atoms with Crippen LogP contribution in [0.4, 0.5) is 9.59 Å². The highest BCUT2D eigenvalue weighted by molar-refractivity contribution is 7.07. The molecule has 0 atom stereocenters. The molecule has 4 amide bonds. The minimum Gasteiger partial charge on any atom is -0.336 e. The van der Waals surface area contributed by atoms with Gasteiger partial charge in [0, 0.05) is 26.2 Å². The van der Waals surface area contributed by atoms with E-state index in [1.165, 1.54) is 10.5 Å². The van der Waals surface area contributed by atoms with E-state index in [0.29, 0.717) is 19.0 Å². The molecule has 0 aromatic carbocycles. The minimum absolute atomic E-state index is 0.140. The van der Waals surface area contributed by atoms with Crippen molar-refractivity contribution in [3.8, 4) is 0 Å². The first-order chi connectivity index (χ1) is 9.25. The molecule has 3 rings (SSSR count). The first-order valence-electron chi connectivity index (χ1n) is 6.62. The molecular formula is C13H17N3O2S. The van der Waals surface area contributed by atoms with Crippen molar-refractivity contribution < 1.29 is 9.59 Å². The zero-order valence-corrected chi connectivity index (χ0v) is 11.5. The van der Waals surface area contributed by atoms with Gasteiger partial charge in [-0.15, -0.1) is 0 Å². The lowest BCUT2D eigenvalue weighted by Gasteiger charge is -2.33. The molecule has 2 saturated heterocycles. The number of hydrogen-bond acceptors (Lipinski definition) is 3. The van der Waals surface area contributed by atoms with Gasteiger partial charge in [0.05, 0.1) is 0 Å². The van der Waals surface area contributed by atoms with Crippen LogP contribution in [0.5, 0.6) is 0 Å². The molecule has 102 valence electrons. The summed E-state index contributed by atoms with van der Waals surface area (Å²) in [5.74, 6) is 0.558. The third-order valence-corrected chi connectivity index (χ3v) is 4.57. The molecule has 1 aromatic rings. The third kappa shape index (κ3) is 2.45. The molecule has 2 fully saturated rings. The summed E-state index contributed by atoms with van der Waals surface area (Å²) in [6, 6.07) is 1.77. The van der Waals surface area contributed by atoms with Gasteiger partial charge in [0.15, 0.2) is 0 Å². The summed E-state index contributed by atoms with van der Waals surface area (Å²) in [4.78, 5) is 26.8. The second-order valence-corrected chi connectivity index (χ2v) is 5.76. The highest BCUT2D eigenvalue weighted by Crippen LogP contribution is 2.29. The van der Waals surface area contributed by atoms with Gasteiger partial charge in [0.2, 0.25) is 0 Å². The van der Waals surface area contributed by atoms with Gasteiger partial charge in [-0.05, 0) is 41.1 Å². The number of rotatable bonds is 1. The highest BCUT2D eigenvalue weighted by Gasteiger charge is 2.32. The number of urea groups is 2. The maximum Gasteiger partial charge on any atom is 0.328 e. The maximum absolute atomic E-state index is 12.2. The predicted molar refractivity (Wildman–Crippen MR) is 73.4 cm³/mol. The molecule has 5 nitrogen and oxygen atoms in total. The van der Waals surface area contributed by atoms with E-state index in [1.54, 1.807) is 16.2 Å². The van der Waals surface area contributed by atoms with Crippen LogP contribution in [0, 0.1) is 0 Å². The third-order valence-electron chi connectivity index (χ3n) is 3.87. The van der Waals surface area contributed by atoms with Crippen LogP contribution in [0.1, 0.15) is 24.3 Å². The van der Waals surface area contributed by atoms with E-state index in [0.717, 1.165) is 25.9 Å². The van der Waals surface area contributed by atoms with Crippen molar-refractivity contribution in [1.29, 1.82) is 0 Å². The Morgan fingerprint density at radius 1 is 1.32 bits per heavy atom. The number of amides is 4. The lowest BCUT2D eigenvalue weighted by molar-refractivity contribution is 0.151. The van der Waals surface area contributed by atoms with Crippen molar-refractivity contribution in [2.75, 3.05) is 26.2 Å². The number of thiophene rings is 1. The van der Waals surface area contributed by atoms with Crippen molar-refractivity contribution in [2.24, 2.45) is 0 Å². The number of hydrogen-bond donors (Lipinski definition) is 1. The Labute approximate surface area is 116 Å². The van der Waals surface area contributed by atoms with Crippen LogP contribution in [0.15, 0.2) is 16.8 Å². The fourth-order valence-electron chi connectivity index (χ4n) is 2.74. The molecule has 3 heterocycles. The number of piperidine rings is 1. The van der Waals surface area contributed by atoms with Crippen LogP contribution in [0.2, 0.25) is 0 Å². The molecule has 0 bridgehead atoms. The molecule has 2 aliphatic rings. The first-order valence-corrected chi connectivity index (χ1v) is 7.56. The van der Waals surface area contributed by atoms with E-state index >= 15 is 0 Å². The van der Waals surface area contributed by atoms with Crippen molar-refractivity contribution >= 4 is 23.4 Å². The summed E-state index contributed by atoms with van der Waals surface area (Å²) >= 11 is 1.72. The van der Waals surface area contributed by atoms with Gasteiger partial charge in [-0.2, -0.15) is 11.3 Å². The summed E-state index contributed by atoms with van der Waals surface area (Å²) < 4.78 is 0. The van der Waals surface area contributed by atoms with Gasteiger partial charge in [0.1, 0.15) is 0 Å². The van der Waals surface area contributed by atoms with Gasteiger partial charge in [0.25, 0.3) is 0 Å². The highest BCUT2D eigenvalue weighted by atomic mass is 32.1. The standard InChI is InChI=1S/C13H17N3O2S/c17-12-14-4-7-16(12)13(18)15-5-1-10(2-6-15)11-3-8-19-9-11/h3,8-10H,1-2,4-7H2,(H,14,17). The van der Waals surface area contributed by atoms with E-state index in [-0.39, 0.29) is 12.1 Å². The Morgan fingerprint density at radius 3 is 2.68 bits per heavy atom. The van der Waals surface area contributed by atoms with E-state index in [9.17, 15) is 9.59 Å². The molecule has 2 aliphatic heterocycles. The molecular weight excluding hydrogens is 262 g/mol.